The van der Waals surface area contributed by atoms with E-state index in [0.717, 1.165) is 51.4 Å². The molecule has 2 heterocycles. The van der Waals surface area contributed by atoms with Crippen molar-refractivity contribution in [3.05, 3.63) is 53.6 Å². The molecule has 2 aliphatic rings. The molecular formula is C22H27ClN2S2. The molecular weight excluding hydrogens is 392 g/mol. The predicted octanol–water partition coefficient (Wildman–Crippen LogP) is 5.40. The quantitative estimate of drug-likeness (QED) is 0.473. The fourth-order valence-corrected chi connectivity index (χ4v) is 5.81. The first-order valence-corrected chi connectivity index (χ1v) is 12.3. The zero-order valence-corrected chi connectivity index (χ0v) is 18.3. The van der Waals surface area contributed by atoms with E-state index in [1.807, 2.05) is 23.5 Å². The second-order valence-corrected chi connectivity index (χ2v) is 9.60. The number of rotatable bonds is 5. The normalized spacial score (nSPS) is 20.7. The number of benzene rings is 2. The van der Waals surface area contributed by atoms with Crippen LogP contribution in [0.3, 0.4) is 0 Å². The fourth-order valence-electron chi connectivity index (χ4n) is 4.12. The van der Waals surface area contributed by atoms with E-state index in [-0.39, 0.29) is 0 Å². The Kier molecular flexibility index (Phi) is 6.72. The highest BCUT2D eigenvalue weighted by molar-refractivity contribution is 7.99. The first-order chi connectivity index (χ1) is 13.3. The first kappa shape index (κ1) is 19.7. The van der Waals surface area contributed by atoms with E-state index < -0.39 is 0 Å². The summed E-state index contributed by atoms with van der Waals surface area (Å²) in [5.41, 5.74) is 3.00. The van der Waals surface area contributed by atoms with Gasteiger partial charge in [-0.05, 0) is 61.0 Å². The van der Waals surface area contributed by atoms with Gasteiger partial charge in [-0.25, -0.2) is 0 Å². The average molecular weight is 419 g/mol. The zero-order chi connectivity index (χ0) is 18.6. The molecule has 4 rings (SSSR count). The average Bonchev–Trinajstić information content (AvgIpc) is 2.88. The van der Waals surface area contributed by atoms with E-state index in [0.29, 0.717) is 6.04 Å². The van der Waals surface area contributed by atoms with E-state index in [1.54, 1.807) is 0 Å². The van der Waals surface area contributed by atoms with Gasteiger partial charge in [0.25, 0.3) is 0 Å². The van der Waals surface area contributed by atoms with Gasteiger partial charge in [-0.1, -0.05) is 30.0 Å². The molecule has 144 valence electrons. The lowest BCUT2D eigenvalue weighted by Gasteiger charge is -2.39. The Morgan fingerprint density at radius 2 is 1.89 bits per heavy atom. The van der Waals surface area contributed by atoms with Crippen molar-refractivity contribution in [1.29, 1.82) is 0 Å². The monoisotopic (exact) mass is 418 g/mol. The number of halogens is 1. The minimum absolute atomic E-state index is 0.471. The Balaban J connectivity index is 1.61. The molecule has 0 aromatic heterocycles. The maximum Gasteiger partial charge on any atom is 0.0401 e. The number of piperazine rings is 1. The molecule has 0 aliphatic carbocycles. The number of hydrogen-bond acceptors (Lipinski definition) is 4. The summed E-state index contributed by atoms with van der Waals surface area (Å²) in [6.07, 6.45) is 4.37. The van der Waals surface area contributed by atoms with Crippen LogP contribution in [-0.2, 0) is 6.42 Å². The molecule has 27 heavy (non-hydrogen) atoms. The Hall–Kier alpha value is -0.650. The highest BCUT2D eigenvalue weighted by atomic mass is 35.5. The van der Waals surface area contributed by atoms with Gasteiger partial charge in [0.1, 0.15) is 0 Å². The third-order valence-corrected chi connectivity index (χ3v) is 7.84. The number of hydrogen-bond donors (Lipinski definition) is 0. The van der Waals surface area contributed by atoms with Crippen LogP contribution >= 0.6 is 35.1 Å². The number of thioether (sulfide) groups is 1. The van der Waals surface area contributed by atoms with Gasteiger partial charge in [0.2, 0.25) is 0 Å². The molecule has 2 nitrogen and oxygen atoms in total. The lowest BCUT2D eigenvalue weighted by molar-refractivity contribution is 0.0945. The summed E-state index contributed by atoms with van der Waals surface area (Å²) < 4.78 is 0. The molecule has 0 spiro atoms. The Morgan fingerprint density at radius 1 is 1.07 bits per heavy atom. The molecule has 2 aromatic carbocycles. The Labute approximate surface area is 176 Å². The summed E-state index contributed by atoms with van der Waals surface area (Å²) in [5, 5.41) is 0. The molecule has 0 N–H and O–H groups in total. The van der Waals surface area contributed by atoms with Crippen LogP contribution in [0.5, 0.6) is 0 Å². The van der Waals surface area contributed by atoms with Gasteiger partial charge in [-0.3, -0.25) is 4.90 Å². The van der Waals surface area contributed by atoms with E-state index in [9.17, 15) is 0 Å². The van der Waals surface area contributed by atoms with Crippen molar-refractivity contribution < 1.29 is 0 Å². The van der Waals surface area contributed by atoms with E-state index >= 15 is 0 Å². The van der Waals surface area contributed by atoms with Crippen LogP contribution in [0.25, 0.3) is 0 Å². The van der Waals surface area contributed by atoms with E-state index in [4.69, 9.17) is 11.6 Å². The molecule has 0 radical (unpaired) electrons. The van der Waals surface area contributed by atoms with Crippen LogP contribution in [0.2, 0.25) is 0 Å². The summed E-state index contributed by atoms with van der Waals surface area (Å²) >= 11 is 9.66. The lowest BCUT2D eigenvalue weighted by atomic mass is 9.96. The molecule has 1 fully saturated rings. The molecule has 1 saturated heterocycles. The lowest BCUT2D eigenvalue weighted by Crippen LogP contribution is -2.48. The van der Waals surface area contributed by atoms with Crippen LogP contribution in [0, 0.1) is 0 Å². The molecule has 0 amide bonds. The van der Waals surface area contributed by atoms with E-state index in [2.05, 4.69) is 58.5 Å². The maximum absolute atomic E-state index is 5.88. The van der Waals surface area contributed by atoms with Gasteiger partial charge in [0.05, 0.1) is 0 Å². The van der Waals surface area contributed by atoms with Crippen molar-refractivity contribution in [1.82, 2.24) is 9.80 Å². The number of nitrogens with zero attached hydrogens (tertiary/aromatic N) is 2. The van der Waals surface area contributed by atoms with Crippen molar-refractivity contribution in [3.8, 4) is 0 Å². The summed E-state index contributed by atoms with van der Waals surface area (Å²) in [6, 6.07) is 16.4. The van der Waals surface area contributed by atoms with Gasteiger partial charge < -0.3 is 4.90 Å². The Morgan fingerprint density at radius 3 is 2.67 bits per heavy atom. The second-order valence-electron chi connectivity index (χ2n) is 7.25. The third kappa shape index (κ3) is 4.51. The van der Waals surface area contributed by atoms with Gasteiger partial charge >= 0.3 is 0 Å². The van der Waals surface area contributed by atoms with Gasteiger partial charge in [-0.15, -0.1) is 23.4 Å². The fraction of sp³-hybridized carbons (Fsp3) is 0.455. The molecule has 2 aromatic rings. The minimum Gasteiger partial charge on any atom is -0.301 e. The van der Waals surface area contributed by atoms with E-state index in [1.165, 1.54) is 25.8 Å². The smallest absolute Gasteiger partial charge is 0.0401 e. The first-order valence-electron chi connectivity index (χ1n) is 9.74. The van der Waals surface area contributed by atoms with Gasteiger partial charge in [0, 0.05) is 52.8 Å². The highest BCUT2D eigenvalue weighted by Crippen LogP contribution is 2.44. The molecule has 1 atom stereocenters. The standard InChI is InChI=1S/C22H27ClN2S2/c1-26-18-7-8-22-19(16-18)20(15-17-5-2-3-6-21(17)27-22)25-13-11-24(12-14-25)10-4-9-23/h2-3,5-8,16,20H,4,9-15H2,1H3. The van der Waals surface area contributed by atoms with Gasteiger partial charge in [-0.2, -0.15) is 0 Å². The van der Waals surface area contributed by atoms with Crippen LogP contribution in [0.15, 0.2) is 57.2 Å². The minimum atomic E-state index is 0.471. The van der Waals surface area contributed by atoms with Crippen molar-refractivity contribution >= 4 is 35.1 Å². The number of alkyl halides is 1. The summed E-state index contributed by atoms with van der Waals surface area (Å²) in [6.45, 7) is 5.72. The van der Waals surface area contributed by atoms with Crippen molar-refractivity contribution in [3.63, 3.8) is 0 Å². The second kappa shape index (κ2) is 9.23. The van der Waals surface area contributed by atoms with Crippen LogP contribution in [0.4, 0.5) is 0 Å². The highest BCUT2D eigenvalue weighted by Gasteiger charge is 2.30. The van der Waals surface area contributed by atoms with Crippen LogP contribution in [-0.4, -0.2) is 54.7 Å². The van der Waals surface area contributed by atoms with Gasteiger partial charge in [0.15, 0.2) is 0 Å². The molecule has 1 unspecified atom stereocenters. The third-order valence-electron chi connectivity index (χ3n) is 5.64. The molecule has 0 saturated carbocycles. The molecule has 0 bridgehead atoms. The predicted molar refractivity (Wildman–Crippen MR) is 119 cm³/mol. The summed E-state index contributed by atoms with van der Waals surface area (Å²) in [4.78, 5) is 9.48. The van der Waals surface area contributed by atoms with Crippen LogP contribution < -0.4 is 0 Å². The van der Waals surface area contributed by atoms with Crippen molar-refractivity contribution in [2.45, 2.75) is 33.6 Å². The van der Waals surface area contributed by atoms with Crippen LogP contribution in [0.1, 0.15) is 23.6 Å². The molecule has 5 heteroatoms. The SMILES string of the molecule is CSc1ccc2c(c1)C(N1CCN(CCCCl)CC1)Cc1ccccc1S2. The Bertz CT molecular complexity index is 775. The number of fused-ring (bicyclic) bond motifs is 2. The van der Waals surface area contributed by atoms with Crippen molar-refractivity contribution in [2.75, 3.05) is 44.9 Å². The van der Waals surface area contributed by atoms with Crippen molar-refractivity contribution in [2.24, 2.45) is 0 Å². The largest absolute Gasteiger partial charge is 0.301 e. The summed E-state index contributed by atoms with van der Waals surface area (Å²) in [5.74, 6) is 0.766. The molecule has 2 aliphatic heterocycles. The summed E-state index contributed by atoms with van der Waals surface area (Å²) in [7, 11) is 0. The topological polar surface area (TPSA) is 6.48 Å². The zero-order valence-electron chi connectivity index (χ0n) is 15.9. The maximum atomic E-state index is 5.88.